The van der Waals surface area contributed by atoms with Crippen LogP contribution in [0.5, 0.6) is 11.6 Å². The molecule has 4 nitrogen and oxygen atoms in total. The molecule has 0 unspecified atom stereocenters. The first kappa shape index (κ1) is 15.4. The van der Waals surface area contributed by atoms with E-state index >= 15 is 0 Å². The van der Waals surface area contributed by atoms with Crippen LogP contribution in [0.2, 0.25) is 0 Å². The van der Waals surface area contributed by atoms with Gasteiger partial charge in [-0.15, -0.1) is 0 Å². The number of hydrogen-bond acceptors (Lipinski definition) is 3. The number of hydrogen-bond donors (Lipinski definition) is 1. The maximum Gasteiger partial charge on any atom is 0.241 e. The Morgan fingerprint density at radius 1 is 1.14 bits per heavy atom. The second-order valence-electron chi connectivity index (χ2n) is 6.76. The van der Waals surface area contributed by atoms with Crippen LogP contribution in [0.1, 0.15) is 51.8 Å². The fourth-order valence-electron chi connectivity index (χ4n) is 2.23. The van der Waals surface area contributed by atoms with Crippen LogP contribution in [0, 0.1) is 0 Å². The van der Waals surface area contributed by atoms with E-state index in [1.165, 1.54) is 5.56 Å². The molecule has 2 N–H and O–H groups in total. The average molecular weight is 287 g/mol. The molecule has 0 aliphatic carbocycles. The topological polar surface area (TPSA) is 53.1 Å². The third kappa shape index (κ3) is 3.20. The molecule has 114 valence electrons. The van der Waals surface area contributed by atoms with Gasteiger partial charge in [0, 0.05) is 7.05 Å². The van der Waals surface area contributed by atoms with E-state index in [9.17, 15) is 0 Å². The summed E-state index contributed by atoms with van der Waals surface area (Å²) in [6, 6.07) is 8.13. The Morgan fingerprint density at radius 2 is 1.71 bits per heavy atom. The Labute approximate surface area is 126 Å². The number of nitrogens with two attached hydrogens (primary N) is 1. The molecule has 0 aliphatic rings. The first-order valence-electron chi connectivity index (χ1n) is 7.31. The van der Waals surface area contributed by atoms with Crippen LogP contribution >= 0.6 is 0 Å². The molecule has 0 amide bonds. The van der Waals surface area contributed by atoms with Crippen molar-refractivity contribution in [3.05, 3.63) is 35.5 Å². The molecule has 0 saturated heterocycles. The Balaban J connectivity index is 2.27. The highest BCUT2D eigenvalue weighted by Gasteiger charge is 2.18. The van der Waals surface area contributed by atoms with Crippen molar-refractivity contribution in [1.82, 2.24) is 9.78 Å². The van der Waals surface area contributed by atoms with Crippen molar-refractivity contribution < 1.29 is 4.74 Å². The van der Waals surface area contributed by atoms with Crippen molar-refractivity contribution in [2.24, 2.45) is 7.05 Å². The molecule has 0 saturated carbocycles. The quantitative estimate of drug-likeness (QED) is 0.919. The zero-order chi connectivity index (χ0) is 15.8. The van der Waals surface area contributed by atoms with Gasteiger partial charge >= 0.3 is 0 Å². The standard InChI is InChI=1S/C17H25N3O/c1-11(2)15-14(18)16(20(6)19-15)21-13-9-7-12(8-10-13)17(3,4)5/h7-11H,18H2,1-6H3. The smallest absolute Gasteiger partial charge is 0.241 e. The first-order chi connectivity index (χ1) is 9.70. The normalized spacial score (nSPS) is 12.0. The van der Waals surface area contributed by atoms with Gasteiger partial charge in [0.05, 0.1) is 5.69 Å². The largest absolute Gasteiger partial charge is 0.437 e. The molecule has 2 rings (SSSR count). The Kier molecular flexibility index (Phi) is 3.99. The average Bonchev–Trinajstić information content (AvgIpc) is 2.66. The molecule has 0 aliphatic heterocycles. The summed E-state index contributed by atoms with van der Waals surface area (Å²) in [5, 5.41) is 4.43. The van der Waals surface area contributed by atoms with Crippen molar-refractivity contribution in [1.29, 1.82) is 0 Å². The van der Waals surface area contributed by atoms with Crippen LogP contribution in [0.3, 0.4) is 0 Å². The van der Waals surface area contributed by atoms with E-state index in [4.69, 9.17) is 10.5 Å². The predicted molar refractivity (Wildman–Crippen MR) is 86.9 cm³/mol. The predicted octanol–water partition coefficient (Wildman–Crippen LogP) is 4.22. The van der Waals surface area contributed by atoms with Crippen LogP contribution in [0.25, 0.3) is 0 Å². The lowest BCUT2D eigenvalue weighted by molar-refractivity contribution is 0.431. The second-order valence-corrected chi connectivity index (χ2v) is 6.76. The van der Waals surface area contributed by atoms with Crippen molar-refractivity contribution in [2.75, 3.05) is 5.73 Å². The molecule has 21 heavy (non-hydrogen) atoms. The minimum atomic E-state index is 0.134. The summed E-state index contributed by atoms with van der Waals surface area (Å²) < 4.78 is 7.61. The first-order valence-corrected chi connectivity index (χ1v) is 7.31. The summed E-state index contributed by atoms with van der Waals surface area (Å²) in [4.78, 5) is 0. The number of aromatic nitrogens is 2. The lowest BCUT2D eigenvalue weighted by Crippen LogP contribution is -2.10. The molecule has 1 heterocycles. The van der Waals surface area contributed by atoms with E-state index in [-0.39, 0.29) is 11.3 Å². The summed E-state index contributed by atoms with van der Waals surface area (Å²) in [7, 11) is 1.85. The number of rotatable bonds is 3. The van der Waals surface area contributed by atoms with Gasteiger partial charge in [0.25, 0.3) is 0 Å². The molecule has 2 aromatic rings. The highest BCUT2D eigenvalue weighted by Crippen LogP contribution is 2.33. The number of nitrogens with zero attached hydrogens (tertiary/aromatic N) is 2. The summed E-state index contributed by atoms with van der Waals surface area (Å²) >= 11 is 0. The number of ether oxygens (including phenoxy) is 1. The third-order valence-corrected chi connectivity index (χ3v) is 3.54. The third-order valence-electron chi connectivity index (χ3n) is 3.54. The van der Waals surface area contributed by atoms with E-state index in [0.717, 1.165) is 11.4 Å². The number of anilines is 1. The molecule has 0 fully saturated rings. The summed E-state index contributed by atoms with van der Waals surface area (Å²) in [6.45, 7) is 10.7. The molecule has 1 aromatic carbocycles. The molecule has 0 bridgehead atoms. The summed E-state index contributed by atoms with van der Waals surface area (Å²) in [6.07, 6.45) is 0. The van der Waals surface area contributed by atoms with Gasteiger partial charge in [-0.3, -0.25) is 0 Å². The fourth-order valence-corrected chi connectivity index (χ4v) is 2.23. The number of nitrogen functional groups attached to an aromatic ring is 1. The lowest BCUT2D eigenvalue weighted by Gasteiger charge is -2.19. The molecule has 4 heteroatoms. The maximum atomic E-state index is 6.14. The zero-order valence-electron chi connectivity index (χ0n) is 13.8. The minimum absolute atomic E-state index is 0.134. The number of benzene rings is 1. The van der Waals surface area contributed by atoms with Crippen LogP contribution < -0.4 is 10.5 Å². The van der Waals surface area contributed by atoms with Gasteiger partial charge < -0.3 is 10.5 Å². The van der Waals surface area contributed by atoms with E-state index < -0.39 is 0 Å². The van der Waals surface area contributed by atoms with Gasteiger partial charge in [0.1, 0.15) is 11.4 Å². The Hall–Kier alpha value is -1.97. The van der Waals surface area contributed by atoms with Gasteiger partial charge in [-0.05, 0) is 29.0 Å². The highest BCUT2D eigenvalue weighted by atomic mass is 16.5. The highest BCUT2D eigenvalue weighted by molar-refractivity contribution is 5.55. The van der Waals surface area contributed by atoms with Crippen LogP contribution in [0.4, 0.5) is 5.69 Å². The zero-order valence-corrected chi connectivity index (χ0v) is 13.8. The molecular weight excluding hydrogens is 262 g/mol. The number of aryl methyl sites for hydroxylation is 1. The summed E-state index contributed by atoms with van der Waals surface area (Å²) in [5.74, 6) is 1.65. The van der Waals surface area contributed by atoms with Crippen LogP contribution in [0.15, 0.2) is 24.3 Å². The molecular formula is C17H25N3O. The van der Waals surface area contributed by atoms with Gasteiger partial charge in [-0.25, -0.2) is 4.68 Å². The molecule has 0 spiro atoms. The van der Waals surface area contributed by atoms with Crippen molar-refractivity contribution in [3.63, 3.8) is 0 Å². The van der Waals surface area contributed by atoms with E-state index in [2.05, 4.69) is 51.9 Å². The monoisotopic (exact) mass is 287 g/mol. The summed E-state index contributed by atoms with van der Waals surface area (Å²) in [5.41, 5.74) is 9.04. The SMILES string of the molecule is CC(C)c1nn(C)c(Oc2ccc(C(C)(C)C)cc2)c1N. The second kappa shape index (κ2) is 5.43. The molecule has 0 radical (unpaired) electrons. The van der Waals surface area contributed by atoms with Gasteiger partial charge in [-0.2, -0.15) is 5.10 Å². The molecule has 0 atom stereocenters. The van der Waals surface area contributed by atoms with Crippen molar-refractivity contribution in [2.45, 2.75) is 46.0 Å². The Bertz CT molecular complexity index is 619. The fraction of sp³-hybridized carbons (Fsp3) is 0.471. The minimum Gasteiger partial charge on any atom is -0.437 e. The van der Waals surface area contributed by atoms with E-state index in [1.54, 1.807) is 4.68 Å². The maximum absolute atomic E-state index is 6.14. The van der Waals surface area contributed by atoms with Crippen LogP contribution in [-0.4, -0.2) is 9.78 Å². The van der Waals surface area contributed by atoms with E-state index in [0.29, 0.717) is 11.6 Å². The van der Waals surface area contributed by atoms with E-state index in [1.807, 2.05) is 19.2 Å². The van der Waals surface area contributed by atoms with Gasteiger partial charge in [0.15, 0.2) is 0 Å². The van der Waals surface area contributed by atoms with Gasteiger partial charge in [0.2, 0.25) is 5.88 Å². The van der Waals surface area contributed by atoms with Crippen molar-refractivity contribution >= 4 is 5.69 Å². The van der Waals surface area contributed by atoms with Gasteiger partial charge in [-0.1, -0.05) is 46.8 Å². The lowest BCUT2D eigenvalue weighted by atomic mass is 9.87. The Morgan fingerprint density at radius 3 is 2.14 bits per heavy atom. The van der Waals surface area contributed by atoms with Crippen LogP contribution in [-0.2, 0) is 12.5 Å². The molecule has 1 aromatic heterocycles. The van der Waals surface area contributed by atoms with Crippen molar-refractivity contribution in [3.8, 4) is 11.6 Å².